The van der Waals surface area contributed by atoms with Crippen LogP contribution in [0.5, 0.6) is 0 Å². The van der Waals surface area contributed by atoms with Crippen LogP contribution in [-0.2, 0) is 19.3 Å². The largest absolute Gasteiger partial charge is 0.294 e. The summed E-state index contributed by atoms with van der Waals surface area (Å²) in [7, 11) is 0. The number of thiazole rings is 1. The van der Waals surface area contributed by atoms with Gasteiger partial charge in [0.05, 0.1) is 11.3 Å². The zero-order valence-corrected chi connectivity index (χ0v) is 16.1. The van der Waals surface area contributed by atoms with Gasteiger partial charge in [0, 0.05) is 16.9 Å². The van der Waals surface area contributed by atoms with E-state index in [2.05, 4.69) is 20.9 Å². The fourth-order valence-electron chi connectivity index (χ4n) is 3.38. The highest BCUT2D eigenvalue weighted by atomic mass is 79.9. The minimum Gasteiger partial charge on any atom is -0.294 e. The zero-order valence-electron chi connectivity index (χ0n) is 13.7. The molecule has 2 aromatic carbocycles. The first-order valence-corrected chi connectivity index (χ1v) is 9.88. The molecule has 3 aromatic rings. The number of benzene rings is 2. The smallest absolute Gasteiger partial charge is 0.173 e. The fourth-order valence-corrected chi connectivity index (χ4v) is 4.98. The highest BCUT2D eigenvalue weighted by Gasteiger charge is 2.21. The number of rotatable bonds is 3. The van der Waals surface area contributed by atoms with Crippen LogP contribution >= 0.6 is 27.3 Å². The van der Waals surface area contributed by atoms with E-state index in [0.29, 0.717) is 0 Å². The number of hydrogen-bond donors (Lipinski definition) is 0. The number of fused-ring (bicyclic) bond motifs is 3. The summed E-state index contributed by atoms with van der Waals surface area (Å²) in [5.41, 5.74) is 3.49. The molecule has 0 radical (unpaired) electrons. The first-order valence-electron chi connectivity index (χ1n) is 8.27. The second-order valence-corrected chi connectivity index (χ2v) is 8.64. The van der Waals surface area contributed by atoms with Crippen LogP contribution in [0.2, 0.25) is 0 Å². The summed E-state index contributed by atoms with van der Waals surface area (Å²) in [4.78, 5) is 18.2. The molecule has 0 atom stereocenters. The Morgan fingerprint density at radius 3 is 2.69 bits per heavy atom. The molecule has 0 N–H and O–H groups in total. The molecule has 0 unspecified atom stereocenters. The van der Waals surface area contributed by atoms with Crippen molar-refractivity contribution in [2.24, 2.45) is 0 Å². The number of nitrogens with zero attached hydrogens (tertiary/aromatic N) is 1. The third kappa shape index (κ3) is 3.23. The second-order valence-electron chi connectivity index (χ2n) is 6.28. The van der Waals surface area contributed by atoms with Crippen LogP contribution in [0.4, 0.5) is 8.78 Å². The molecule has 0 aliphatic heterocycles. The molecule has 0 amide bonds. The molecule has 1 aliphatic carbocycles. The van der Waals surface area contributed by atoms with Gasteiger partial charge in [-0.15, -0.1) is 11.3 Å². The quantitative estimate of drug-likeness (QED) is 0.491. The topological polar surface area (TPSA) is 30.0 Å². The van der Waals surface area contributed by atoms with E-state index >= 15 is 0 Å². The molecule has 0 saturated carbocycles. The predicted octanol–water partition coefficient (Wildman–Crippen LogP) is 5.76. The minimum atomic E-state index is -0.818. The van der Waals surface area contributed by atoms with Gasteiger partial charge in [-0.25, -0.2) is 13.8 Å². The lowest BCUT2D eigenvalue weighted by Crippen LogP contribution is -2.09. The van der Waals surface area contributed by atoms with Crippen LogP contribution in [-0.4, -0.2) is 10.8 Å². The van der Waals surface area contributed by atoms with Crippen molar-refractivity contribution < 1.29 is 13.6 Å². The Balaban J connectivity index is 1.66. The first kappa shape index (κ1) is 17.5. The summed E-state index contributed by atoms with van der Waals surface area (Å²) >= 11 is 5.10. The van der Waals surface area contributed by atoms with Gasteiger partial charge in [0.25, 0.3) is 0 Å². The Hall–Kier alpha value is -1.92. The lowest BCUT2D eigenvalue weighted by Gasteiger charge is -2.09. The molecule has 0 spiro atoms. The lowest BCUT2D eigenvalue weighted by molar-refractivity contribution is 0.0985. The van der Waals surface area contributed by atoms with Gasteiger partial charge in [0.15, 0.2) is 9.70 Å². The Bertz CT molecular complexity index is 995. The van der Waals surface area contributed by atoms with Gasteiger partial charge in [0.1, 0.15) is 11.6 Å². The predicted molar refractivity (Wildman–Crippen MR) is 102 cm³/mol. The van der Waals surface area contributed by atoms with Gasteiger partial charge >= 0.3 is 0 Å². The van der Waals surface area contributed by atoms with Gasteiger partial charge in [-0.3, -0.25) is 4.79 Å². The average molecular weight is 434 g/mol. The Kier molecular flexibility index (Phi) is 4.71. The van der Waals surface area contributed by atoms with Crippen LogP contribution in [0.25, 0.3) is 11.3 Å². The second kappa shape index (κ2) is 7.00. The highest BCUT2D eigenvalue weighted by molar-refractivity contribution is 9.11. The lowest BCUT2D eigenvalue weighted by atomic mass is 9.96. The maximum atomic E-state index is 13.8. The van der Waals surface area contributed by atoms with Crippen molar-refractivity contribution in [1.82, 2.24) is 4.98 Å². The molecule has 1 heterocycles. The monoisotopic (exact) mass is 433 g/mol. The van der Waals surface area contributed by atoms with Crippen molar-refractivity contribution in [3.05, 3.63) is 73.5 Å². The molecule has 1 aliphatic rings. The maximum Gasteiger partial charge on any atom is 0.173 e. The Morgan fingerprint density at radius 1 is 1.15 bits per heavy atom. The molecule has 0 saturated heterocycles. The van der Waals surface area contributed by atoms with Gasteiger partial charge < -0.3 is 0 Å². The van der Waals surface area contributed by atoms with E-state index in [9.17, 15) is 13.6 Å². The standard InChI is InChI=1S/C20H14BrF2NOS/c21-20-24-19-13-8-7-11(9-12(13)3-1-6-17(19)26-20)10-16(25)18-14(22)4-2-5-15(18)23/h2,4-5,7-9H,1,3,6,10H2. The third-order valence-corrected chi connectivity index (χ3v) is 6.12. The van der Waals surface area contributed by atoms with Gasteiger partial charge in [0.2, 0.25) is 0 Å². The summed E-state index contributed by atoms with van der Waals surface area (Å²) < 4.78 is 28.5. The number of carbonyl (C=O) groups excluding carboxylic acids is 1. The molecule has 4 rings (SSSR count). The molecule has 2 nitrogen and oxygen atoms in total. The molecular weight excluding hydrogens is 420 g/mol. The van der Waals surface area contributed by atoms with Crippen molar-refractivity contribution in [2.75, 3.05) is 0 Å². The molecular formula is C20H14BrF2NOS. The average Bonchev–Trinajstić information content (AvgIpc) is 2.87. The first-order chi connectivity index (χ1) is 12.5. The maximum absolute atomic E-state index is 13.8. The van der Waals surface area contributed by atoms with Crippen LogP contribution < -0.4 is 0 Å². The van der Waals surface area contributed by atoms with Crippen molar-refractivity contribution in [2.45, 2.75) is 25.7 Å². The molecule has 1 aromatic heterocycles. The number of ketones is 1. The van der Waals surface area contributed by atoms with Crippen molar-refractivity contribution >= 4 is 33.0 Å². The molecule has 132 valence electrons. The zero-order chi connectivity index (χ0) is 18.3. The summed E-state index contributed by atoms with van der Waals surface area (Å²) in [6.07, 6.45) is 2.85. The van der Waals surface area contributed by atoms with Crippen molar-refractivity contribution in [3.8, 4) is 11.3 Å². The summed E-state index contributed by atoms with van der Waals surface area (Å²) in [5, 5.41) is 0. The summed E-state index contributed by atoms with van der Waals surface area (Å²) in [6.45, 7) is 0. The number of aromatic nitrogens is 1. The molecule has 26 heavy (non-hydrogen) atoms. The van der Waals surface area contributed by atoms with Crippen LogP contribution in [0, 0.1) is 11.6 Å². The Morgan fingerprint density at radius 2 is 1.92 bits per heavy atom. The van der Waals surface area contributed by atoms with E-state index in [-0.39, 0.29) is 6.42 Å². The SMILES string of the molecule is O=C(Cc1ccc2c(c1)CCCc1sc(Br)nc1-2)c1c(F)cccc1F. The van der Waals surface area contributed by atoms with Gasteiger partial charge in [-0.1, -0.05) is 24.3 Å². The van der Waals surface area contributed by atoms with Crippen LogP contribution in [0.15, 0.2) is 40.3 Å². The van der Waals surface area contributed by atoms with E-state index in [1.807, 2.05) is 18.2 Å². The van der Waals surface area contributed by atoms with Gasteiger partial charge in [-0.05, 0) is 58.5 Å². The normalized spacial score (nSPS) is 13.0. The molecule has 0 fully saturated rings. The Labute approximate surface area is 162 Å². The van der Waals surface area contributed by atoms with Crippen molar-refractivity contribution in [1.29, 1.82) is 0 Å². The van der Waals surface area contributed by atoms with E-state index in [1.54, 1.807) is 11.3 Å². The summed E-state index contributed by atoms with van der Waals surface area (Å²) in [5.74, 6) is -2.19. The number of aryl methyl sites for hydroxylation is 2. The summed E-state index contributed by atoms with van der Waals surface area (Å²) in [6, 6.07) is 9.25. The number of hydrogen-bond acceptors (Lipinski definition) is 3. The number of halogens is 3. The van der Waals surface area contributed by atoms with Crippen LogP contribution in [0.1, 0.15) is 32.8 Å². The molecule has 0 bridgehead atoms. The number of Topliss-reactive ketones (excluding diaryl/α,β-unsaturated/α-hetero) is 1. The molecule has 6 heteroatoms. The third-order valence-electron chi connectivity index (χ3n) is 4.55. The van der Waals surface area contributed by atoms with Crippen LogP contribution in [0.3, 0.4) is 0 Å². The van der Waals surface area contributed by atoms with Gasteiger partial charge in [-0.2, -0.15) is 0 Å². The van der Waals surface area contributed by atoms with Crippen molar-refractivity contribution in [3.63, 3.8) is 0 Å². The van der Waals surface area contributed by atoms with E-state index in [4.69, 9.17) is 0 Å². The van der Waals surface area contributed by atoms with E-state index in [1.165, 1.54) is 10.9 Å². The number of carbonyl (C=O) groups is 1. The van der Waals surface area contributed by atoms with E-state index < -0.39 is 23.0 Å². The van der Waals surface area contributed by atoms with E-state index in [0.717, 1.165) is 57.7 Å². The fraction of sp³-hybridized carbons (Fsp3) is 0.200. The minimum absolute atomic E-state index is 0.0290. The highest BCUT2D eigenvalue weighted by Crippen LogP contribution is 2.37.